The second-order valence-electron chi connectivity index (χ2n) is 7.56. The second kappa shape index (κ2) is 11.6. The lowest BCUT2D eigenvalue weighted by Crippen LogP contribution is -2.42. The van der Waals surface area contributed by atoms with Gasteiger partial charge in [0.25, 0.3) is 0 Å². The summed E-state index contributed by atoms with van der Waals surface area (Å²) in [6.45, 7) is 13.5. The fourth-order valence-corrected chi connectivity index (χ4v) is 3.80. The zero-order valence-electron chi connectivity index (χ0n) is 16.5. The van der Waals surface area contributed by atoms with E-state index in [4.69, 9.17) is 4.99 Å². The molecule has 0 aromatic rings. The van der Waals surface area contributed by atoms with Gasteiger partial charge in [-0.3, -0.25) is 4.99 Å². The summed E-state index contributed by atoms with van der Waals surface area (Å²) in [6.07, 6.45) is 6.91. The Morgan fingerprint density at radius 1 is 1.12 bits per heavy atom. The summed E-state index contributed by atoms with van der Waals surface area (Å²) in [6, 6.07) is 0. The lowest BCUT2D eigenvalue weighted by molar-refractivity contribution is 0.0416. The van der Waals surface area contributed by atoms with Crippen LogP contribution in [0, 0.1) is 5.92 Å². The van der Waals surface area contributed by atoms with E-state index in [0.29, 0.717) is 6.54 Å². The molecule has 0 aromatic carbocycles. The van der Waals surface area contributed by atoms with E-state index in [-0.39, 0.29) is 24.0 Å². The Hall–Kier alpha value is -0.0800. The predicted molar refractivity (Wildman–Crippen MR) is 117 cm³/mol. The van der Waals surface area contributed by atoms with E-state index in [9.17, 15) is 5.11 Å². The number of rotatable bonds is 7. The average molecular weight is 466 g/mol. The Morgan fingerprint density at radius 3 is 2.40 bits per heavy atom. The number of likely N-dealkylation sites (tertiary alicyclic amines) is 2. The molecule has 0 radical (unpaired) electrons. The van der Waals surface area contributed by atoms with Crippen LogP contribution in [0.1, 0.15) is 59.3 Å². The first-order valence-corrected chi connectivity index (χ1v) is 10.1. The Kier molecular flexibility index (Phi) is 10.6. The van der Waals surface area contributed by atoms with Gasteiger partial charge in [0.2, 0.25) is 0 Å². The minimum atomic E-state index is -0.659. The van der Waals surface area contributed by atoms with Crippen LogP contribution in [0.15, 0.2) is 4.99 Å². The molecule has 1 unspecified atom stereocenters. The molecule has 0 aliphatic carbocycles. The molecular weight excluding hydrogens is 427 g/mol. The van der Waals surface area contributed by atoms with Gasteiger partial charge in [-0.25, -0.2) is 0 Å². The molecule has 2 saturated heterocycles. The molecule has 148 valence electrons. The van der Waals surface area contributed by atoms with E-state index in [2.05, 4.69) is 22.0 Å². The standard InChI is InChI=1S/C19H38N4O.HI/c1-4-19(24,5-2)16-21-18(20-6-3)23-13-10-17(15-23)14-22-11-8-7-9-12-22;/h17,24H,4-16H2,1-3H3,(H,20,21);1H. The van der Waals surface area contributed by atoms with Gasteiger partial charge in [0, 0.05) is 26.2 Å². The van der Waals surface area contributed by atoms with Crippen molar-refractivity contribution in [2.24, 2.45) is 10.9 Å². The Bertz CT molecular complexity index is 395. The molecular formula is C19H39IN4O. The highest BCUT2D eigenvalue weighted by Crippen LogP contribution is 2.21. The Morgan fingerprint density at radius 2 is 1.80 bits per heavy atom. The van der Waals surface area contributed by atoms with Crippen LogP contribution in [0.2, 0.25) is 0 Å². The monoisotopic (exact) mass is 466 g/mol. The number of nitrogens with zero attached hydrogens (tertiary/aromatic N) is 3. The maximum atomic E-state index is 10.5. The summed E-state index contributed by atoms with van der Waals surface area (Å²) < 4.78 is 0. The highest BCUT2D eigenvalue weighted by Gasteiger charge is 2.28. The van der Waals surface area contributed by atoms with Crippen molar-refractivity contribution in [1.29, 1.82) is 0 Å². The molecule has 2 aliphatic rings. The molecule has 6 heteroatoms. The van der Waals surface area contributed by atoms with E-state index in [1.807, 2.05) is 13.8 Å². The van der Waals surface area contributed by atoms with E-state index in [1.165, 1.54) is 45.3 Å². The number of piperidine rings is 1. The first kappa shape index (κ1) is 23.0. The molecule has 5 nitrogen and oxygen atoms in total. The van der Waals surface area contributed by atoms with Gasteiger partial charge in [0.05, 0.1) is 12.1 Å². The van der Waals surface area contributed by atoms with Crippen molar-refractivity contribution in [3.8, 4) is 0 Å². The van der Waals surface area contributed by atoms with Crippen LogP contribution in [0.25, 0.3) is 0 Å². The van der Waals surface area contributed by atoms with E-state index >= 15 is 0 Å². The first-order chi connectivity index (χ1) is 11.6. The van der Waals surface area contributed by atoms with Crippen molar-refractivity contribution in [2.75, 3.05) is 45.8 Å². The van der Waals surface area contributed by atoms with Crippen molar-refractivity contribution in [3.05, 3.63) is 0 Å². The van der Waals surface area contributed by atoms with E-state index in [0.717, 1.165) is 44.4 Å². The zero-order valence-corrected chi connectivity index (χ0v) is 18.8. The van der Waals surface area contributed by atoms with Crippen LogP contribution in [0.5, 0.6) is 0 Å². The van der Waals surface area contributed by atoms with Gasteiger partial charge in [-0.15, -0.1) is 24.0 Å². The normalized spacial score (nSPS) is 22.8. The van der Waals surface area contributed by atoms with Crippen LogP contribution in [0.3, 0.4) is 0 Å². The van der Waals surface area contributed by atoms with Gasteiger partial charge in [0.1, 0.15) is 0 Å². The van der Waals surface area contributed by atoms with E-state index in [1.54, 1.807) is 0 Å². The second-order valence-corrected chi connectivity index (χ2v) is 7.56. The minimum absolute atomic E-state index is 0. The van der Waals surface area contributed by atoms with Gasteiger partial charge in [-0.1, -0.05) is 20.3 Å². The van der Waals surface area contributed by atoms with Crippen LogP contribution >= 0.6 is 24.0 Å². The van der Waals surface area contributed by atoms with Crippen molar-refractivity contribution < 1.29 is 5.11 Å². The van der Waals surface area contributed by atoms with Gasteiger partial charge in [-0.05, 0) is 58.0 Å². The molecule has 0 amide bonds. The third-order valence-electron chi connectivity index (χ3n) is 5.72. The molecule has 0 saturated carbocycles. The van der Waals surface area contributed by atoms with Gasteiger partial charge < -0.3 is 20.2 Å². The third kappa shape index (κ3) is 7.21. The van der Waals surface area contributed by atoms with Crippen molar-refractivity contribution >= 4 is 29.9 Å². The summed E-state index contributed by atoms with van der Waals surface area (Å²) in [5.41, 5.74) is -0.659. The molecule has 0 bridgehead atoms. The maximum Gasteiger partial charge on any atom is 0.194 e. The topological polar surface area (TPSA) is 51.1 Å². The van der Waals surface area contributed by atoms with Crippen molar-refractivity contribution in [1.82, 2.24) is 15.1 Å². The average Bonchev–Trinajstić information content (AvgIpc) is 3.07. The fourth-order valence-electron chi connectivity index (χ4n) is 3.80. The number of aliphatic imine (C=N–C) groups is 1. The number of hydrogen-bond donors (Lipinski definition) is 2. The highest BCUT2D eigenvalue weighted by atomic mass is 127. The molecule has 2 fully saturated rings. The number of aliphatic hydroxyl groups is 1. The maximum absolute atomic E-state index is 10.5. The van der Waals surface area contributed by atoms with Crippen molar-refractivity contribution in [2.45, 2.75) is 64.9 Å². The van der Waals surface area contributed by atoms with Crippen molar-refractivity contribution in [3.63, 3.8) is 0 Å². The number of halogens is 1. The summed E-state index contributed by atoms with van der Waals surface area (Å²) in [4.78, 5) is 9.80. The molecule has 0 spiro atoms. The predicted octanol–water partition coefficient (Wildman–Crippen LogP) is 2.93. The first-order valence-electron chi connectivity index (χ1n) is 10.1. The molecule has 2 aliphatic heterocycles. The summed E-state index contributed by atoms with van der Waals surface area (Å²) in [5, 5.41) is 13.9. The number of hydrogen-bond acceptors (Lipinski definition) is 3. The molecule has 2 rings (SSSR count). The molecule has 25 heavy (non-hydrogen) atoms. The Labute approximate surface area is 171 Å². The third-order valence-corrected chi connectivity index (χ3v) is 5.72. The molecule has 2 heterocycles. The SMILES string of the molecule is CCNC(=NCC(O)(CC)CC)N1CCC(CN2CCCCC2)C1.I. The smallest absolute Gasteiger partial charge is 0.194 e. The van der Waals surface area contributed by atoms with Gasteiger partial charge in [0.15, 0.2) is 5.96 Å². The zero-order chi connectivity index (χ0) is 17.4. The molecule has 2 N–H and O–H groups in total. The fraction of sp³-hybridized carbons (Fsp3) is 0.947. The molecule has 0 aromatic heterocycles. The molecule has 1 atom stereocenters. The largest absolute Gasteiger partial charge is 0.388 e. The number of guanidine groups is 1. The quantitative estimate of drug-likeness (QED) is 0.344. The summed E-state index contributed by atoms with van der Waals surface area (Å²) in [5.74, 6) is 1.74. The lowest BCUT2D eigenvalue weighted by atomic mass is 9.98. The number of nitrogens with one attached hydrogen (secondary N) is 1. The lowest BCUT2D eigenvalue weighted by Gasteiger charge is -2.29. The minimum Gasteiger partial charge on any atom is -0.388 e. The van der Waals surface area contributed by atoms with Gasteiger partial charge >= 0.3 is 0 Å². The van der Waals surface area contributed by atoms with Crippen LogP contribution < -0.4 is 5.32 Å². The van der Waals surface area contributed by atoms with Gasteiger partial charge in [-0.2, -0.15) is 0 Å². The van der Waals surface area contributed by atoms with Crippen LogP contribution in [-0.4, -0.2) is 72.3 Å². The highest BCUT2D eigenvalue weighted by molar-refractivity contribution is 14.0. The van der Waals surface area contributed by atoms with E-state index < -0.39 is 5.60 Å². The summed E-state index contributed by atoms with van der Waals surface area (Å²) >= 11 is 0. The van der Waals surface area contributed by atoms with Crippen LogP contribution in [0.4, 0.5) is 0 Å². The Balaban J connectivity index is 0.00000312. The summed E-state index contributed by atoms with van der Waals surface area (Å²) in [7, 11) is 0. The van der Waals surface area contributed by atoms with Crippen LogP contribution in [-0.2, 0) is 0 Å².